The molecule has 0 aliphatic rings. The predicted octanol–water partition coefficient (Wildman–Crippen LogP) is 4.24. The van der Waals surface area contributed by atoms with Gasteiger partial charge in [0.2, 0.25) is 0 Å². The van der Waals surface area contributed by atoms with Crippen LogP contribution in [0.15, 0.2) is 65.6 Å². The Balaban J connectivity index is 1.76. The average Bonchev–Trinajstić information content (AvgIpc) is 2.71. The van der Waals surface area contributed by atoms with E-state index in [1.54, 1.807) is 24.3 Å². The van der Waals surface area contributed by atoms with E-state index >= 15 is 0 Å². The molecule has 0 radical (unpaired) electrons. The summed E-state index contributed by atoms with van der Waals surface area (Å²) in [4.78, 5) is 11.9. The van der Waals surface area contributed by atoms with E-state index in [0.717, 1.165) is 18.1 Å². The fraction of sp³-hybridized carbons (Fsp3) is 0.227. The van der Waals surface area contributed by atoms with Crippen LogP contribution in [0, 0.1) is 0 Å². The number of hydrogen-bond acceptors (Lipinski definition) is 6. The molecule has 3 aromatic rings. The van der Waals surface area contributed by atoms with Crippen LogP contribution in [-0.2, 0) is 14.9 Å². The van der Waals surface area contributed by atoms with Crippen molar-refractivity contribution in [3.63, 3.8) is 0 Å². The van der Waals surface area contributed by atoms with Crippen molar-refractivity contribution in [1.82, 2.24) is 0 Å². The molecule has 6 nitrogen and oxygen atoms in total. The topological polar surface area (TPSA) is 92.7 Å². The van der Waals surface area contributed by atoms with Crippen LogP contribution in [0.25, 0.3) is 10.8 Å². The number of fused-ring (bicyclic) bond motifs is 1. The quantitative estimate of drug-likeness (QED) is 0.327. The Morgan fingerprint density at radius 3 is 2.45 bits per heavy atom. The lowest BCUT2D eigenvalue weighted by molar-refractivity contribution is -0.136. The normalized spacial score (nSPS) is 12.5. The number of carbonyl (C=O) groups is 1. The third-order valence-electron chi connectivity index (χ3n) is 4.73. The van der Waals surface area contributed by atoms with Crippen molar-refractivity contribution < 1.29 is 27.2 Å². The van der Waals surface area contributed by atoms with Crippen LogP contribution in [0.1, 0.15) is 31.7 Å². The molecule has 1 unspecified atom stereocenters. The van der Waals surface area contributed by atoms with Gasteiger partial charge in [0.1, 0.15) is 21.6 Å². The first kappa shape index (κ1) is 20.8. The lowest BCUT2D eigenvalue weighted by atomic mass is 9.99. The highest BCUT2D eigenvalue weighted by molar-refractivity contribution is 7.86. The highest BCUT2D eigenvalue weighted by atomic mass is 32.2. The maximum Gasteiger partial charge on any atom is 0.349 e. The minimum atomic E-state index is -4.65. The van der Waals surface area contributed by atoms with Crippen LogP contribution in [0.5, 0.6) is 11.5 Å². The van der Waals surface area contributed by atoms with Crippen molar-refractivity contribution in [2.45, 2.75) is 31.1 Å². The average molecular weight is 413 g/mol. The Hall–Kier alpha value is -2.90. The standard InChI is InChI=1S/C22H22O6S/c1-3-15(2)16-7-6-8-17(13-16)27-14-22(23)28-20-11-12-21(29(24,25)26)19-10-5-4-9-18(19)20/h4-13,15H,3,14H2,1-2H3,(H,24,25,26)/p-1. The number of esters is 1. The van der Waals surface area contributed by atoms with E-state index in [-0.39, 0.29) is 22.6 Å². The molecule has 29 heavy (non-hydrogen) atoms. The monoisotopic (exact) mass is 413 g/mol. The summed E-state index contributed by atoms with van der Waals surface area (Å²) in [5, 5.41) is 0.562. The van der Waals surface area contributed by atoms with Gasteiger partial charge in [-0.2, -0.15) is 0 Å². The maximum absolute atomic E-state index is 12.3. The summed E-state index contributed by atoms with van der Waals surface area (Å²) in [6.45, 7) is 3.91. The molecule has 0 amide bonds. The largest absolute Gasteiger partial charge is 0.744 e. The summed E-state index contributed by atoms with van der Waals surface area (Å²) in [6, 6.07) is 16.3. The summed E-state index contributed by atoms with van der Waals surface area (Å²) < 4.78 is 45.3. The Bertz CT molecular complexity index is 1140. The number of hydrogen-bond donors (Lipinski definition) is 0. The van der Waals surface area contributed by atoms with Gasteiger partial charge in [-0.3, -0.25) is 0 Å². The van der Waals surface area contributed by atoms with Crippen LogP contribution in [-0.4, -0.2) is 25.5 Å². The number of ether oxygens (including phenoxy) is 2. The molecule has 0 aromatic heterocycles. The summed E-state index contributed by atoms with van der Waals surface area (Å²) in [7, 11) is -4.65. The van der Waals surface area contributed by atoms with Crippen LogP contribution in [0.3, 0.4) is 0 Å². The Kier molecular flexibility index (Phi) is 6.20. The van der Waals surface area contributed by atoms with Gasteiger partial charge >= 0.3 is 5.97 Å². The predicted molar refractivity (Wildman–Crippen MR) is 108 cm³/mol. The maximum atomic E-state index is 12.3. The third kappa shape index (κ3) is 4.93. The van der Waals surface area contributed by atoms with Crippen LogP contribution in [0.2, 0.25) is 0 Å². The molecule has 0 heterocycles. The zero-order chi connectivity index (χ0) is 21.0. The lowest BCUT2D eigenvalue weighted by Crippen LogP contribution is -2.18. The Labute approximate surface area is 169 Å². The van der Waals surface area contributed by atoms with Gasteiger partial charge in [0.25, 0.3) is 0 Å². The summed E-state index contributed by atoms with van der Waals surface area (Å²) >= 11 is 0. The second kappa shape index (κ2) is 8.63. The number of rotatable bonds is 7. The van der Waals surface area contributed by atoms with Gasteiger partial charge in [0.15, 0.2) is 6.61 Å². The molecule has 0 spiro atoms. The van der Waals surface area contributed by atoms with Gasteiger partial charge in [-0.1, -0.05) is 50.2 Å². The lowest BCUT2D eigenvalue weighted by Gasteiger charge is -2.14. The SMILES string of the molecule is CCC(C)c1cccc(OCC(=O)Oc2ccc(S(=O)(=O)[O-])c3ccccc23)c1. The molecule has 1 atom stereocenters. The van der Waals surface area contributed by atoms with Gasteiger partial charge in [0.05, 0.1) is 4.90 Å². The van der Waals surface area contributed by atoms with E-state index < -0.39 is 16.1 Å². The molecule has 3 rings (SSSR count). The zero-order valence-corrected chi connectivity index (χ0v) is 16.9. The minimum Gasteiger partial charge on any atom is -0.744 e. The second-order valence-corrected chi connectivity index (χ2v) is 8.05. The minimum absolute atomic E-state index is 0.162. The van der Waals surface area contributed by atoms with E-state index in [0.29, 0.717) is 17.1 Å². The van der Waals surface area contributed by atoms with Gasteiger partial charge in [-0.05, 0) is 42.2 Å². The summed E-state index contributed by atoms with van der Waals surface area (Å²) in [5.41, 5.74) is 1.12. The van der Waals surface area contributed by atoms with Gasteiger partial charge < -0.3 is 14.0 Å². The Morgan fingerprint density at radius 1 is 1.03 bits per heavy atom. The summed E-state index contributed by atoms with van der Waals surface area (Å²) in [6.07, 6.45) is 0.994. The number of benzene rings is 3. The van der Waals surface area contributed by atoms with Gasteiger partial charge in [-0.15, -0.1) is 0 Å². The fourth-order valence-corrected chi connectivity index (χ4v) is 3.67. The van der Waals surface area contributed by atoms with E-state index in [1.807, 2.05) is 18.2 Å². The molecule has 0 aliphatic heterocycles. The zero-order valence-electron chi connectivity index (χ0n) is 16.1. The van der Waals surface area contributed by atoms with Crippen molar-refractivity contribution >= 4 is 26.9 Å². The highest BCUT2D eigenvalue weighted by Crippen LogP contribution is 2.31. The highest BCUT2D eigenvalue weighted by Gasteiger charge is 2.14. The molecule has 0 saturated carbocycles. The van der Waals surface area contributed by atoms with E-state index in [4.69, 9.17) is 9.47 Å². The molecule has 0 bridgehead atoms. The first-order chi connectivity index (χ1) is 13.8. The van der Waals surface area contributed by atoms with E-state index in [2.05, 4.69) is 13.8 Å². The van der Waals surface area contributed by atoms with Crippen LogP contribution in [0.4, 0.5) is 0 Å². The molecule has 0 N–H and O–H groups in total. The van der Waals surface area contributed by atoms with Gasteiger partial charge in [-0.25, -0.2) is 13.2 Å². The molecule has 0 aliphatic carbocycles. The molecule has 0 fully saturated rings. The van der Waals surface area contributed by atoms with Crippen molar-refractivity contribution in [2.24, 2.45) is 0 Å². The molecule has 3 aromatic carbocycles. The van der Waals surface area contributed by atoms with Crippen molar-refractivity contribution in [2.75, 3.05) is 6.61 Å². The van der Waals surface area contributed by atoms with Crippen LogP contribution >= 0.6 is 0 Å². The molecule has 0 saturated heterocycles. The first-order valence-electron chi connectivity index (χ1n) is 9.20. The molecule has 152 valence electrons. The third-order valence-corrected chi connectivity index (χ3v) is 5.63. The van der Waals surface area contributed by atoms with Crippen molar-refractivity contribution in [3.05, 3.63) is 66.2 Å². The van der Waals surface area contributed by atoms with E-state index in [1.165, 1.54) is 12.1 Å². The smallest absolute Gasteiger partial charge is 0.349 e. The van der Waals surface area contributed by atoms with Crippen LogP contribution < -0.4 is 9.47 Å². The molecular weight excluding hydrogens is 392 g/mol. The van der Waals surface area contributed by atoms with Gasteiger partial charge in [0, 0.05) is 10.8 Å². The Morgan fingerprint density at radius 2 is 1.76 bits per heavy atom. The van der Waals surface area contributed by atoms with Crippen molar-refractivity contribution in [3.8, 4) is 11.5 Å². The van der Waals surface area contributed by atoms with E-state index in [9.17, 15) is 17.8 Å². The second-order valence-electron chi connectivity index (χ2n) is 6.71. The van der Waals surface area contributed by atoms with Crippen molar-refractivity contribution in [1.29, 1.82) is 0 Å². The summed E-state index contributed by atoms with van der Waals surface area (Å²) in [5.74, 6) is 0.474. The molecule has 7 heteroatoms. The fourth-order valence-electron chi connectivity index (χ4n) is 2.99. The first-order valence-corrected chi connectivity index (χ1v) is 10.6. The molecular formula is C22H21O6S-. The number of carbonyl (C=O) groups excluding carboxylic acids is 1.